The third kappa shape index (κ3) is 3.45. The van der Waals surface area contributed by atoms with E-state index in [1.807, 2.05) is 25.1 Å². The molecule has 98 valence electrons. The molecule has 5 nitrogen and oxygen atoms in total. The highest BCUT2D eigenvalue weighted by Gasteiger charge is 2.15. The number of hydroxylamine groups is 2. The van der Waals surface area contributed by atoms with E-state index in [2.05, 4.69) is 5.32 Å². The summed E-state index contributed by atoms with van der Waals surface area (Å²) in [7, 11) is 0. The molecule has 2 rings (SSSR count). The van der Waals surface area contributed by atoms with Crippen LogP contribution in [0.5, 0.6) is 0 Å². The van der Waals surface area contributed by atoms with Gasteiger partial charge in [0.25, 0.3) is 0 Å². The van der Waals surface area contributed by atoms with Gasteiger partial charge in [0, 0.05) is 6.54 Å². The predicted molar refractivity (Wildman–Crippen MR) is 71.0 cm³/mol. The first kappa shape index (κ1) is 12.9. The highest BCUT2D eigenvalue weighted by Crippen LogP contribution is 2.19. The number of nitrogens with one attached hydrogen (secondary N) is 1. The summed E-state index contributed by atoms with van der Waals surface area (Å²) in [5.41, 5.74) is 8.16. The molecule has 0 spiro atoms. The molecule has 1 heterocycles. The summed E-state index contributed by atoms with van der Waals surface area (Å²) in [6, 6.07) is 5.58. The lowest BCUT2D eigenvalue weighted by Gasteiger charge is -2.25. The number of amides is 1. The van der Waals surface area contributed by atoms with Gasteiger partial charge in [-0.15, -0.1) is 0 Å². The van der Waals surface area contributed by atoms with E-state index in [-0.39, 0.29) is 12.5 Å². The van der Waals surface area contributed by atoms with Crippen molar-refractivity contribution in [3.05, 3.63) is 23.8 Å². The SMILES string of the molecule is Cc1ccc(NC(=O)CN2CCCCO2)c(N)c1. The summed E-state index contributed by atoms with van der Waals surface area (Å²) < 4.78 is 0. The van der Waals surface area contributed by atoms with Gasteiger partial charge < -0.3 is 11.1 Å². The van der Waals surface area contributed by atoms with E-state index < -0.39 is 0 Å². The van der Waals surface area contributed by atoms with Crippen LogP contribution in [0.3, 0.4) is 0 Å². The lowest BCUT2D eigenvalue weighted by Crippen LogP contribution is -2.37. The Kier molecular flexibility index (Phi) is 4.17. The number of anilines is 2. The average molecular weight is 249 g/mol. The van der Waals surface area contributed by atoms with Gasteiger partial charge in [-0.3, -0.25) is 9.63 Å². The van der Waals surface area contributed by atoms with Crippen molar-refractivity contribution in [1.82, 2.24) is 5.06 Å². The summed E-state index contributed by atoms with van der Waals surface area (Å²) in [6.45, 7) is 3.70. The number of hydrogen-bond donors (Lipinski definition) is 2. The van der Waals surface area contributed by atoms with Crippen LogP contribution in [0.4, 0.5) is 11.4 Å². The van der Waals surface area contributed by atoms with Gasteiger partial charge in [0.05, 0.1) is 18.0 Å². The molecule has 1 saturated heterocycles. The smallest absolute Gasteiger partial charge is 0.241 e. The lowest BCUT2D eigenvalue weighted by atomic mass is 10.2. The lowest BCUT2D eigenvalue weighted by molar-refractivity contribution is -0.182. The second-order valence-corrected chi connectivity index (χ2v) is 4.54. The zero-order chi connectivity index (χ0) is 13.0. The standard InChI is InChI=1S/C13H19N3O2/c1-10-4-5-12(11(14)8-10)15-13(17)9-16-6-2-3-7-18-16/h4-5,8H,2-3,6-7,9,14H2,1H3,(H,15,17). The minimum Gasteiger partial charge on any atom is -0.397 e. The molecule has 1 fully saturated rings. The van der Waals surface area contributed by atoms with Crippen LogP contribution in [0.15, 0.2) is 18.2 Å². The summed E-state index contributed by atoms with van der Waals surface area (Å²) in [5.74, 6) is -0.104. The molecular formula is C13H19N3O2. The molecule has 5 heteroatoms. The molecule has 1 aromatic carbocycles. The van der Waals surface area contributed by atoms with Crippen molar-refractivity contribution < 1.29 is 9.63 Å². The zero-order valence-electron chi connectivity index (χ0n) is 10.6. The van der Waals surface area contributed by atoms with E-state index in [0.717, 1.165) is 24.9 Å². The Morgan fingerprint density at radius 3 is 3.00 bits per heavy atom. The maximum Gasteiger partial charge on any atom is 0.241 e. The van der Waals surface area contributed by atoms with Crippen LogP contribution in [0.2, 0.25) is 0 Å². The van der Waals surface area contributed by atoms with Crippen molar-refractivity contribution in [2.45, 2.75) is 19.8 Å². The molecule has 0 aromatic heterocycles. The van der Waals surface area contributed by atoms with Crippen LogP contribution >= 0.6 is 0 Å². The van der Waals surface area contributed by atoms with Gasteiger partial charge in [-0.05, 0) is 37.5 Å². The van der Waals surface area contributed by atoms with E-state index in [1.54, 1.807) is 5.06 Å². The van der Waals surface area contributed by atoms with Gasteiger partial charge in [0.1, 0.15) is 6.54 Å². The van der Waals surface area contributed by atoms with Crippen molar-refractivity contribution in [2.75, 3.05) is 30.7 Å². The quantitative estimate of drug-likeness (QED) is 0.797. The number of carbonyl (C=O) groups is 1. The van der Waals surface area contributed by atoms with Gasteiger partial charge in [-0.2, -0.15) is 5.06 Å². The first-order valence-electron chi connectivity index (χ1n) is 6.19. The Hall–Kier alpha value is -1.59. The number of nitrogens with two attached hydrogens (primary N) is 1. The van der Waals surface area contributed by atoms with Crippen LogP contribution in [0.1, 0.15) is 18.4 Å². The van der Waals surface area contributed by atoms with Crippen molar-refractivity contribution in [3.8, 4) is 0 Å². The molecule has 0 radical (unpaired) electrons. The molecular weight excluding hydrogens is 230 g/mol. The van der Waals surface area contributed by atoms with Crippen molar-refractivity contribution in [1.29, 1.82) is 0 Å². The normalized spacial score (nSPS) is 16.5. The molecule has 0 unspecified atom stereocenters. The van der Waals surface area contributed by atoms with Crippen molar-refractivity contribution in [2.24, 2.45) is 0 Å². The molecule has 0 atom stereocenters. The maximum atomic E-state index is 11.8. The summed E-state index contributed by atoms with van der Waals surface area (Å²) in [5, 5.41) is 4.50. The Morgan fingerprint density at radius 1 is 1.50 bits per heavy atom. The number of hydrogen-bond acceptors (Lipinski definition) is 4. The summed E-state index contributed by atoms with van der Waals surface area (Å²) >= 11 is 0. The number of aryl methyl sites for hydroxylation is 1. The second kappa shape index (κ2) is 5.84. The van der Waals surface area contributed by atoms with Gasteiger partial charge in [-0.1, -0.05) is 6.07 Å². The Bertz CT molecular complexity index is 428. The van der Waals surface area contributed by atoms with E-state index in [0.29, 0.717) is 18.0 Å². The molecule has 0 aliphatic carbocycles. The van der Waals surface area contributed by atoms with E-state index >= 15 is 0 Å². The van der Waals surface area contributed by atoms with Gasteiger partial charge in [0.2, 0.25) is 5.91 Å². The third-order valence-electron chi connectivity index (χ3n) is 2.88. The second-order valence-electron chi connectivity index (χ2n) is 4.54. The molecule has 3 N–H and O–H groups in total. The third-order valence-corrected chi connectivity index (χ3v) is 2.88. The van der Waals surface area contributed by atoms with Crippen LogP contribution in [-0.2, 0) is 9.63 Å². The number of nitrogen functional groups attached to an aromatic ring is 1. The van der Waals surface area contributed by atoms with E-state index in [1.165, 1.54) is 0 Å². The Labute approximate surface area is 107 Å². The molecule has 1 aliphatic heterocycles. The number of nitrogens with zero attached hydrogens (tertiary/aromatic N) is 1. The highest BCUT2D eigenvalue weighted by molar-refractivity contribution is 5.95. The fourth-order valence-electron chi connectivity index (χ4n) is 1.92. The van der Waals surface area contributed by atoms with Crippen LogP contribution < -0.4 is 11.1 Å². The average Bonchev–Trinajstić information content (AvgIpc) is 2.34. The number of rotatable bonds is 3. The monoisotopic (exact) mass is 249 g/mol. The minimum atomic E-state index is -0.104. The van der Waals surface area contributed by atoms with Gasteiger partial charge in [0.15, 0.2) is 0 Å². The Morgan fingerprint density at radius 2 is 2.33 bits per heavy atom. The fourth-order valence-corrected chi connectivity index (χ4v) is 1.92. The van der Waals surface area contributed by atoms with Crippen molar-refractivity contribution in [3.63, 3.8) is 0 Å². The first-order valence-corrected chi connectivity index (χ1v) is 6.19. The first-order chi connectivity index (χ1) is 8.65. The van der Waals surface area contributed by atoms with E-state index in [4.69, 9.17) is 10.6 Å². The maximum absolute atomic E-state index is 11.8. The fraction of sp³-hybridized carbons (Fsp3) is 0.462. The summed E-state index contributed by atoms with van der Waals surface area (Å²) in [6.07, 6.45) is 2.13. The molecule has 1 aromatic rings. The van der Waals surface area contributed by atoms with Gasteiger partial charge >= 0.3 is 0 Å². The Balaban J connectivity index is 1.90. The zero-order valence-corrected chi connectivity index (χ0v) is 10.6. The van der Waals surface area contributed by atoms with Crippen LogP contribution in [0.25, 0.3) is 0 Å². The molecule has 18 heavy (non-hydrogen) atoms. The molecule has 1 aliphatic rings. The molecule has 0 saturated carbocycles. The largest absolute Gasteiger partial charge is 0.397 e. The number of benzene rings is 1. The number of carbonyl (C=O) groups excluding carboxylic acids is 1. The van der Waals surface area contributed by atoms with Crippen LogP contribution in [0, 0.1) is 6.92 Å². The van der Waals surface area contributed by atoms with Gasteiger partial charge in [-0.25, -0.2) is 0 Å². The van der Waals surface area contributed by atoms with E-state index in [9.17, 15) is 4.79 Å². The topological polar surface area (TPSA) is 67.6 Å². The minimum absolute atomic E-state index is 0.104. The summed E-state index contributed by atoms with van der Waals surface area (Å²) in [4.78, 5) is 17.2. The molecule has 1 amide bonds. The highest BCUT2D eigenvalue weighted by atomic mass is 16.7. The van der Waals surface area contributed by atoms with Crippen LogP contribution in [-0.4, -0.2) is 30.7 Å². The predicted octanol–water partition coefficient (Wildman–Crippen LogP) is 1.54. The molecule has 0 bridgehead atoms. The van der Waals surface area contributed by atoms with Crippen molar-refractivity contribution >= 4 is 17.3 Å².